The smallest absolute Gasteiger partial charge is 0.319 e. The zero-order chi connectivity index (χ0) is 17.5. The maximum atomic E-state index is 12.1. The summed E-state index contributed by atoms with van der Waals surface area (Å²) in [4.78, 5) is 16.3. The molecule has 0 fully saturated rings. The van der Waals surface area contributed by atoms with Crippen molar-refractivity contribution in [2.24, 2.45) is 0 Å². The van der Waals surface area contributed by atoms with Crippen LogP contribution in [0.2, 0.25) is 5.02 Å². The summed E-state index contributed by atoms with van der Waals surface area (Å²) in [7, 11) is 0. The molecule has 24 heavy (non-hydrogen) atoms. The van der Waals surface area contributed by atoms with Crippen LogP contribution in [0.5, 0.6) is 5.75 Å². The lowest BCUT2D eigenvalue weighted by molar-refractivity contribution is 0.251. The van der Waals surface area contributed by atoms with Crippen LogP contribution in [0.15, 0.2) is 18.2 Å². The van der Waals surface area contributed by atoms with Gasteiger partial charge >= 0.3 is 6.03 Å². The van der Waals surface area contributed by atoms with Crippen LogP contribution in [0.3, 0.4) is 0 Å². The third kappa shape index (κ3) is 4.86. The summed E-state index contributed by atoms with van der Waals surface area (Å²) >= 11 is 6.14. The Labute approximate surface area is 146 Å². The number of hydrogen-bond donors (Lipinski definition) is 2. The van der Waals surface area contributed by atoms with Crippen LogP contribution < -0.4 is 15.4 Å². The minimum Gasteiger partial charge on any atom is -0.490 e. The van der Waals surface area contributed by atoms with Gasteiger partial charge in [0, 0.05) is 6.54 Å². The zero-order valence-corrected chi connectivity index (χ0v) is 14.9. The quantitative estimate of drug-likeness (QED) is 0.802. The molecule has 0 aliphatic heterocycles. The van der Waals surface area contributed by atoms with E-state index in [1.807, 2.05) is 20.8 Å². The summed E-state index contributed by atoms with van der Waals surface area (Å²) in [6, 6.07) is 4.92. The molecule has 0 aliphatic carbocycles. The highest BCUT2D eigenvalue weighted by Gasteiger charge is 2.11. The van der Waals surface area contributed by atoms with Crippen molar-refractivity contribution in [3.8, 4) is 5.75 Å². The lowest BCUT2D eigenvalue weighted by Crippen LogP contribution is -2.32. The van der Waals surface area contributed by atoms with E-state index in [1.54, 1.807) is 22.9 Å². The van der Waals surface area contributed by atoms with Crippen molar-refractivity contribution in [3.63, 3.8) is 0 Å². The number of hydrogen-bond acceptors (Lipinski definition) is 4. The number of benzene rings is 1. The Bertz CT molecular complexity index is 702. The molecule has 0 saturated carbocycles. The largest absolute Gasteiger partial charge is 0.490 e. The first-order chi connectivity index (χ1) is 11.5. The summed E-state index contributed by atoms with van der Waals surface area (Å²) in [5, 5.41) is 10.3. The number of nitrogens with one attached hydrogen (secondary N) is 2. The Hall–Kier alpha value is -2.28. The Morgan fingerprint density at radius 1 is 1.38 bits per heavy atom. The molecule has 130 valence electrons. The highest BCUT2D eigenvalue weighted by molar-refractivity contribution is 6.32. The first kappa shape index (κ1) is 18.1. The third-order valence-corrected chi connectivity index (χ3v) is 3.54. The predicted octanol–water partition coefficient (Wildman–Crippen LogP) is 3.16. The molecule has 1 aromatic heterocycles. The van der Waals surface area contributed by atoms with Gasteiger partial charge in [-0.15, -0.1) is 0 Å². The number of nitrogens with zero attached hydrogens (tertiary/aromatic N) is 3. The Morgan fingerprint density at radius 3 is 2.83 bits per heavy atom. The van der Waals surface area contributed by atoms with Gasteiger partial charge in [-0.1, -0.05) is 24.6 Å². The maximum Gasteiger partial charge on any atom is 0.319 e. The van der Waals surface area contributed by atoms with E-state index in [0.717, 1.165) is 12.2 Å². The predicted molar refractivity (Wildman–Crippen MR) is 93.8 cm³/mol. The molecule has 2 rings (SSSR count). The Morgan fingerprint density at radius 2 is 2.17 bits per heavy atom. The molecular formula is C16H22ClN5O2. The Balaban J connectivity index is 1.90. The molecule has 0 aliphatic rings. The number of halogens is 1. The average molecular weight is 352 g/mol. The molecule has 0 saturated heterocycles. The van der Waals surface area contributed by atoms with Gasteiger partial charge in [-0.2, -0.15) is 5.10 Å². The van der Waals surface area contributed by atoms with Crippen molar-refractivity contribution in [2.75, 3.05) is 18.5 Å². The van der Waals surface area contributed by atoms with Crippen molar-refractivity contribution < 1.29 is 9.53 Å². The summed E-state index contributed by atoms with van der Waals surface area (Å²) in [5.74, 6) is 2.02. The maximum absolute atomic E-state index is 12.1. The minimum atomic E-state index is -0.326. The van der Waals surface area contributed by atoms with Gasteiger partial charge in [-0.25, -0.2) is 14.5 Å². The molecule has 2 amide bonds. The standard InChI is InChI=1S/C16H22ClN5O2/c1-4-10-24-15-13(17)6-5-7-14(15)20-16(23)18-8-9-22-12(3)19-11(2)21-22/h5-7H,4,8-10H2,1-3H3,(H2,18,20,23). The van der Waals surface area contributed by atoms with Gasteiger partial charge in [0.05, 0.1) is 23.9 Å². The van der Waals surface area contributed by atoms with Crippen molar-refractivity contribution >= 4 is 23.3 Å². The molecule has 1 heterocycles. The van der Waals surface area contributed by atoms with E-state index in [0.29, 0.717) is 42.0 Å². The van der Waals surface area contributed by atoms with Crippen molar-refractivity contribution in [2.45, 2.75) is 33.7 Å². The van der Waals surface area contributed by atoms with Crippen molar-refractivity contribution in [1.29, 1.82) is 0 Å². The molecule has 7 nitrogen and oxygen atoms in total. The van der Waals surface area contributed by atoms with Gasteiger partial charge in [-0.05, 0) is 32.4 Å². The van der Waals surface area contributed by atoms with Gasteiger partial charge in [0.25, 0.3) is 0 Å². The van der Waals surface area contributed by atoms with Crippen molar-refractivity contribution in [1.82, 2.24) is 20.1 Å². The number of aryl methyl sites for hydroxylation is 2. The summed E-state index contributed by atoms with van der Waals surface area (Å²) < 4.78 is 7.37. The molecule has 1 aromatic carbocycles. The molecular weight excluding hydrogens is 330 g/mol. The molecule has 2 N–H and O–H groups in total. The van der Waals surface area contributed by atoms with E-state index in [2.05, 4.69) is 20.7 Å². The first-order valence-electron chi connectivity index (χ1n) is 7.85. The zero-order valence-electron chi connectivity index (χ0n) is 14.1. The van der Waals surface area contributed by atoms with Crippen LogP contribution in [0.4, 0.5) is 10.5 Å². The highest BCUT2D eigenvalue weighted by Crippen LogP contribution is 2.32. The van der Waals surface area contributed by atoms with Gasteiger partial charge in [0.2, 0.25) is 0 Å². The normalized spacial score (nSPS) is 10.5. The number of amides is 2. The fraction of sp³-hybridized carbons (Fsp3) is 0.438. The number of urea groups is 1. The van der Waals surface area contributed by atoms with Crippen LogP contribution in [0.25, 0.3) is 0 Å². The molecule has 0 unspecified atom stereocenters. The van der Waals surface area contributed by atoms with Gasteiger partial charge in [0.1, 0.15) is 11.6 Å². The SMILES string of the molecule is CCCOc1c(Cl)cccc1NC(=O)NCCn1nc(C)nc1C. The van der Waals surface area contributed by atoms with Gasteiger partial charge < -0.3 is 15.4 Å². The van der Waals surface area contributed by atoms with Crippen LogP contribution in [-0.4, -0.2) is 33.9 Å². The second-order valence-electron chi connectivity index (χ2n) is 5.28. The van der Waals surface area contributed by atoms with Crippen LogP contribution in [-0.2, 0) is 6.54 Å². The highest BCUT2D eigenvalue weighted by atomic mass is 35.5. The molecule has 0 radical (unpaired) electrons. The van der Waals surface area contributed by atoms with E-state index in [9.17, 15) is 4.79 Å². The van der Waals surface area contributed by atoms with Crippen molar-refractivity contribution in [3.05, 3.63) is 34.9 Å². The number of carbonyl (C=O) groups excluding carboxylic acids is 1. The second kappa shape index (κ2) is 8.54. The summed E-state index contributed by atoms with van der Waals surface area (Å²) in [6.45, 7) is 7.23. The number of anilines is 1. The Kier molecular flexibility index (Phi) is 6.43. The molecule has 2 aromatic rings. The summed E-state index contributed by atoms with van der Waals surface area (Å²) in [6.07, 6.45) is 0.855. The van der Waals surface area contributed by atoms with E-state index in [1.165, 1.54) is 0 Å². The fourth-order valence-electron chi connectivity index (χ4n) is 2.17. The number of ether oxygens (including phenoxy) is 1. The van der Waals surface area contributed by atoms with E-state index in [-0.39, 0.29) is 6.03 Å². The first-order valence-corrected chi connectivity index (χ1v) is 8.23. The lowest BCUT2D eigenvalue weighted by Gasteiger charge is -2.14. The molecule has 8 heteroatoms. The number of para-hydroxylation sites is 1. The number of aromatic nitrogens is 3. The van der Waals surface area contributed by atoms with Gasteiger partial charge in [0.15, 0.2) is 5.75 Å². The third-order valence-electron chi connectivity index (χ3n) is 3.24. The monoisotopic (exact) mass is 351 g/mol. The lowest BCUT2D eigenvalue weighted by atomic mass is 10.3. The molecule has 0 bridgehead atoms. The number of rotatable bonds is 7. The topological polar surface area (TPSA) is 81.1 Å². The van der Waals surface area contributed by atoms with E-state index >= 15 is 0 Å². The van der Waals surface area contributed by atoms with E-state index in [4.69, 9.17) is 16.3 Å². The number of carbonyl (C=O) groups is 1. The van der Waals surface area contributed by atoms with Crippen LogP contribution >= 0.6 is 11.6 Å². The fourth-order valence-corrected chi connectivity index (χ4v) is 2.40. The van der Waals surface area contributed by atoms with Gasteiger partial charge in [-0.3, -0.25) is 0 Å². The molecule has 0 spiro atoms. The minimum absolute atomic E-state index is 0.326. The van der Waals surface area contributed by atoms with Crippen LogP contribution in [0, 0.1) is 13.8 Å². The average Bonchev–Trinajstić information content (AvgIpc) is 2.84. The molecule has 0 atom stereocenters. The van der Waals surface area contributed by atoms with E-state index < -0.39 is 0 Å². The summed E-state index contributed by atoms with van der Waals surface area (Å²) in [5.41, 5.74) is 0.543. The second-order valence-corrected chi connectivity index (χ2v) is 5.68. The van der Waals surface area contributed by atoms with Crippen LogP contribution in [0.1, 0.15) is 25.0 Å².